The lowest BCUT2D eigenvalue weighted by atomic mass is 10.1. The highest BCUT2D eigenvalue weighted by atomic mass is 32.2. The zero-order chi connectivity index (χ0) is 14.3. The fourth-order valence-electron chi connectivity index (χ4n) is 1.77. The first-order valence-electron chi connectivity index (χ1n) is 6.67. The molecule has 0 unspecified atom stereocenters. The predicted molar refractivity (Wildman–Crippen MR) is 83.8 cm³/mol. The second kappa shape index (κ2) is 8.23. The molecule has 0 aliphatic carbocycles. The quantitative estimate of drug-likeness (QED) is 0.833. The van der Waals surface area contributed by atoms with Crippen LogP contribution in [0.4, 0.5) is 0 Å². The maximum absolute atomic E-state index is 11.4. The molecule has 19 heavy (non-hydrogen) atoms. The second-order valence-corrected chi connectivity index (χ2v) is 6.02. The maximum Gasteiger partial charge on any atom is 0.251 e. The van der Waals surface area contributed by atoms with Gasteiger partial charge in [0.05, 0.1) is 0 Å². The number of thioether (sulfide) groups is 1. The molecule has 0 heterocycles. The molecule has 3 nitrogen and oxygen atoms in total. The number of carbonyl (C=O) groups excluding carboxylic acids is 1. The number of hydrogen-bond acceptors (Lipinski definition) is 3. The van der Waals surface area contributed by atoms with Gasteiger partial charge in [0, 0.05) is 31.0 Å². The van der Waals surface area contributed by atoms with Gasteiger partial charge in [-0.3, -0.25) is 9.69 Å². The molecular formula is C15H24N2OS. The molecular weight excluding hydrogens is 256 g/mol. The molecule has 1 rings (SSSR count). The Bertz CT molecular complexity index is 392. The van der Waals surface area contributed by atoms with Crippen LogP contribution in [0, 0.1) is 0 Å². The van der Waals surface area contributed by atoms with E-state index in [1.54, 1.807) is 7.05 Å². The van der Waals surface area contributed by atoms with Crippen molar-refractivity contribution in [2.75, 3.05) is 25.6 Å². The third-order valence-electron chi connectivity index (χ3n) is 3.19. The summed E-state index contributed by atoms with van der Waals surface area (Å²) in [6, 6.07) is 8.38. The minimum Gasteiger partial charge on any atom is -0.355 e. The third kappa shape index (κ3) is 5.25. The van der Waals surface area contributed by atoms with Gasteiger partial charge in [0.2, 0.25) is 0 Å². The predicted octanol–water partition coefficient (Wildman–Crippen LogP) is 2.62. The third-order valence-corrected chi connectivity index (χ3v) is 4.32. The molecule has 106 valence electrons. The first-order chi connectivity index (χ1) is 9.08. The molecule has 1 atom stereocenters. The topological polar surface area (TPSA) is 32.3 Å². The van der Waals surface area contributed by atoms with Crippen LogP contribution in [0.15, 0.2) is 24.3 Å². The number of rotatable bonds is 7. The van der Waals surface area contributed by atoms with E-state index in [-0.39, 0.29) is 5.91 Å². The van der Waals surface area contributed by atoms with Gasteiger partial charge in [-0.05, 0) is 37.4 Å². The van der Waals surface area contributed by atoms with Crippen molar-refractivity contribution in [3.05, 3.63) is 35.4 Å². The molecule has 4 heteroatoms. The van der Waals surface area contributed by atoms with Crippen LogP contribution in [0.5, 0.6) is 0 Å². The Morgan fingerprint density at radius 1 is 1.37 bits per heavy atom. The van der Waals surface area contributed by atoms with E-state index in [1.807, 2.05) is 36.0 Å². The highest BCUT2D eigenvalue weighted by Crippen LogP contribution is 2.11. The molecule has 0 aliphatic rings. The standard InChI is InChI=1S/C15H24N2OS/c1-5-19-11-12(2)17(4)10-13-6-8-14(9-7-13)15(18)16-3/h6-9,12H,5,10-11H2,1-4H3,(H,16,18)/t12-/m1/s1. The number of amides is 1. The average Bonchev–Trinajstić information content (AvgIpc) is 2.44. The average molecular weight is 280 g/mol. The Morgan fingerprint density at radius 2 is 2.00 bits per heavy atom. The molecule has 1 amide bonds. The Labute approximate surface area is 120 Å². The molecule has 0 bridgehead atoms. The van der Waals surface area contributed by atoms with Gasteiger partial charge in [0.1, 0.15) is 0 Å². The van der Waals surface area contributed by atoms with E-state index in [0.29, 0.717) is 11.6 Å². The first-order valence-corrected chi connectivity index (χ1v) is 7.83. The van der Waals surface area contributed by atoms with Crippen LogP contribution in [0.3, 0.4) is 0 Å². The lowest BCUT2D eigenvalue weighted by molar-refractivity contribution is 0.0963. The number of hydrogen-bond donors (Lipinski definition) is 1. The maximum atomic E-state index is 11.4. The highest BCUT2D eigenvalue weighted by Gasteiger charge is 2.10. The summed E-state index contributed by atoms with van der Waals surface area (Å²) in [6.45, 7) is 5.36. The number of benzene rings is 1. The summed E-state index contributed by atoms with van der Waals surface area (Å²) < 4.78 is 0. The number of nitrogens with zero attached hydrogens (tertiary/aromatic N) is 1. The number of carbonyl (C=O) groups is 1. The van der Waals surface area contributed by atoms with Gasteiger partial charge in [-0.15, -0.1) is 0 Å². The van der Waals surface area contributed by atoms with E-state index in [1.165, 1.54) is 11.3 Å². The van der Waals surface area contributed by atoms with Crippen molar-refractivity contribution in [1.82, 2.24) is 10.2 Å². The van der Waals surface area contributed by atoms with Gasteiger partial charge in [-0.2, -0.15) is 11.8 Å². The van der Waals surface area contributed by atoms with E-state index in [4.69, 9.17) is 0 Å². The largest absolute Gasteiger partial charge is 0.355 e. The van der Waals surface area contributed by atoms with Crippen molar-refractivity contribution in [2.24, 2.45) is 0 Å². The monoisotopic (exact) mass is 280 g/mol. The summed E-state index contributed by atoms with van der Waals surface area (Å²) in [7, 11) is 3.80. The molecule has 0 saturated carbocycles. The molecule has 0 aliphatic heterocycles. The van der Waals surface area contributed by atoms with Gasteiger partial charge in [0.15, 0.2) is 0 Å². The molecule has 1 N–H and O–H groups in total. The highest BCUT2D eigenvalue weighted by molar-refractivity contribution is 7.99. The molecule has 0 aromatic heterocycles. The molecule has 1 aromatic carbocycles. The minimum absolute atomic E-state index is 0.0346. The summed E-state index contributed by atoms with van der Waals surface area (Å²) in [5, 5.41) is 2.63. The smallest absolute Gasteiger partial charge is 0.251 e. The summed E-state index contributed by atoms with van der Waals surface area (Å²) in [5.41, 5.74) is 1.95. The van der Waals surface area contributed by atoms with Crippen LogP contribution in [0.2, 0.25) is 0 Å². The van der Waals surface area contributed by atoms with Crippen LogP contribution in [-0.4, -0.2) is 42.4 Å². The zero-order valence-electron chi connectivity index (χ0n) is 12.3. The van der Waals surface area contributed by atoms with E-state index in [9.17, 15) is 4.79 Å². The molecule has 0 radical (unpaired) electrons. The first kappa shape index (κ1) is 16.1. The van der Waals surface area contributed by atoms with E-state index in [0.717, 1.165) is 12.3 Å². The van der Waals surface area contributed by atoms with Crippen molar-refractivity contribution in [2.45, 2.75) is 26.4 Å². The Hall–Kier alpha value is -1.00. The van der Waals surface area contributed by atoms with Crippen LogP contribution < -0.4 is 5.32 Å². The summed E-state index contributed by atoms with van der Waals surface area (Å²) in [5.74, 6) is 2.29. The van der Waals surface area contributed by atoms with Crippen molar-refractivity contribution in [3.8, 4) is 0 Å². The summed E-state index contributed by atoms with van der Waals surface area (Å²) in [4.78, 5) is 13.8. The second-order valence-electron chi connectivity index (χ2n) is 4.70. The molecule has 0 saturated heterocycles. The normalized spacial score (nSPS) is 12.5. The Morgan fingerprint density at radius 3 is 2.53 bits per heavy atom. The van der Waals surface area contributed by atoms with E-state index >= 15 is 0 Å². The van der Waals surface area contributed by atoms with Crippen LogP contribution >= 0.6 is 11.8 Å². The van der Waals surface area contributed by atoms with E-state index in [2.05, 4.69) is 31.1 Å². The van der Waals surface area contributed by atoms with Crippen molar-refractivity contribution >= 4 is 17.7 Å². The van der Waals surface area contributed by atoms with Crippen molar-refractivity contribution < 1.29 is 4.79 Å². The SMILES string of the molecule is CCSC[C@@H](C)N(C)Cc1ccc(C(=O)NC)cc1. The fraction of sp³-hybridized carbons (Fsp3) is 0.533. The molecule has 1 aromatic rings. The van der Waals surface area contributed by atoms with Gasteiger partial charge < -0.3 is 5.32 Å². The zero-order valence-corrected chi connectivity index (χ0v) is 13.1. The number of nitrogens with one attached hydrogen (secondary N) is 1. The van der Waals surface area contributed by atoms with Gasteiger partial charge in [0.25, 0.3) is 5.91 Å². The minimum atomic E-state index is -0.0346. The van der Waals surface area contributed by atoms with Crippen LogP contribution in [-0.2, 0) is 6.54 Å². The van der Waals surface area contributed by atoms with E-state index < -0.39 is 0 Å². The lowest BCUT2D eigenvalue weighted by Crippen LogP contribution is -2.30. The van der Waals surface area contributed by atoms with Gasteiger partial charge in [-0.1, -0.05) is 19.1 Å². The Kier molecular flexibility index (Phi) is 6.95. The fourth-order valence-corrected chi connectivity index (χ4v) is 2.60. The Balaban J connectivity index is 2.55. The molecule has 0 fully saturated rings. The summed E-state index contributed by atoms with van der Waals surface area (Å²) in [6.07, 6.45) is 0. The summed E-state index contributed by atoms with van der Waals surface area (Å²) >= 11 is 1.97. The van der Waals surface area contributed by atoms with Crippen molar-refractivity contribution in [3.63, 3.8) is 0 Å². The lowest BCUT2D eigenvalue weighted by Gasteiger charge is -2.24. The van der Waals surface area contributed by atoms with Gasteiger partial charge >= 0.3 is 0 Å². The van der Waals surface area contributed by atoms with Crippen molar-refractivity contribution in [1.29, 1.82) is 0 Å². The molecule has 0 spiro atoms. The van der Waals surface area contributed by atoms with Crippen LogP contribution in [0.1, 0.15) is 29.8 Å². The van der Waals surface area contributed by atoms with Crippen LogP contribution in [0.25, 0.3) is 0 Å². The van der Waals surface area contributed by atoms with Gasteiger partial charge in [-0.25, -0.2) is 0 Å².